The predicted molar refractivity (Wildman–Crippen MR) is 56.6 cm³/mol. The smallest absolute Gasteiger partial charge is 0.318 e. The van der Waals surface area contributed by atoms with Crippen LogP contribution < -0.4 is 5.73 Å². The molecule has 4 heteroatoms. The summed E-state index contributed by atoms with van der Waals surface area (Å²) in [6.45, 7) is 1.87. The summed E-state index contributed by atoms with van der Waals surface area (Å²) in [5, 5.41) is 0. The van der Waals surface area contributed by atoms with Gasteiger partial charge in [0.2, 0.25) is 0 Å². The summed E-state index contributed by atoms with van der Waals surface area (Å²) < 4.78 is 37.1. The highest BCUT2D eigenvalue weighted by Gasteiger charge is 2.30. The van der Waals surface area contributed by atoms with Crippen LogP contribution in [-0.4, -0.2) is 6.04 Å². The van der Waals surface area contributed by atoms with Crippen LogP contribution in [0.3, 0.4) is 0 Å². The molecule has 16 heavy (non-hydrogen) atoms. The highest BCUT2D eigenvalue weighted by atomic mass is 19.4. The Morgan fingerprint density at radius 1 is 1.38 bits per heavy atom. The second-order valence-corrected chi connectivity index (χ2v) is 3.36. The van der Waals surface area contributed by atoms with Gasteiger partial charge in [-0.15, -0.1) is 0 Å². The minimum atomic E-state index is -4.33. The Balaban J connectivity index is 2.94. The summed E-state index contributed by atoms with van der Waals surface area (Å²) in [6.07, 6.45) is -3.66. The van der Waals surface area contributed by atoms with Gasteiger partial charge < -0.3 is 5.73 Å². The minimum absolute atomic E-state index is 0.297. The summed E-state index contributed by atoms with van der Waals surface area (Å²) in [6, 6.07) is 4.62. The van der Waals surface area contributed by atoms with Gasteiger partial charge in [-0.25, -0.2) is 0 Å². The highest BCUT2D eigenvalue weighted by molar-refractivity contribution is 5.38. The van der Waals surface area contributed by atoms with Crippen molar-refractivity contribution in [2.45, 2.75) is 25.6 Å². The number of hydrogen-bond acceptors (Lipinski definition) is 1. The van der Waals surface area contributed by atoms with E-state index in [1.807, 2.05) is 6.92 Å². The van der Waals surface area contributed by atoms with Gasteiger partial charge in [0.25, 0.3) is 0 Å². The van der Waals surface area contributed by atoms with Gasteiger partial charge in [0.15, 0.2) is 0 Å². The van der Waals surface area contributed by atoms with Gasteiger partial charge in [-0.3, -0.25) is 0 Å². The third kappa shape index (κ3) is 3.59. The van der Waals surface area contributed by atoms with Crippen molar-refractivity contribution < 1.29 is 13.2 Å². The Hall–Kier alpha value is -1.47. The topological polar surface area (TPSA) is 26.0 Å². The standard InChI is InChI=1S/C12H12F3N/c1-2-11(16)7-6-9-4-3-5-10(8-9)12(13,14)15/h3-5,8,11H,2,16H2,1H3. The molecule has 0 aliphatic rings. The van der Waals surface area contributed by atoms with E-state index in [0.29, 0.717) is 12.0 Å². The van der Waals surface area contributed by atoms with Gasteiger partial charge >= 0.3 is 6.18 Å². The normalized spacial score (nSPS) is 12.8. The Morgan fingerprint density at radius 3 is 2.62 bits per heavy atom. The monoisotopic (exact) mass is 227 g/mol. The van der Waals surface area contributed by atoms with Gasteiger partial charge in [-0.2, -0.15) is 13.2 Å². The molecule has 0 bridgehead atoms. The van der Waals surface area contributed by atoms with Crippen LogP contribution in [0.2, 0.25) is 0 Å². The van der Waals surface area contributed by atoms with Crippen LogP contribution in [0.5, 0.6) is 0 Å². The lowest BCUT2D eigenvalue weighted by molar-refractivity contribution is -0.137. The fourth-order valence-corrected chi connectivity index (χ4v) is 1.05. The van der Waals surface area contributed by atoms with Crippen molar-refractivity contribution in [2.75, 3.05) is 0 Å². The summed E-state index contributed by atoms with van der Waals surface area (Å²) in [7, 11) is 0. The molecule has 0 aliphatic carbocycles. The highest BCUT2D eigenvalue weighted by Crippen LogP contribution is 2.29. The average molecular weight is 227 g/mol. The van der Waals surface area contributed by atoms with Gasteiger partial charge in [0.05, 0.1) is 11.6 Å². The van der Waals surface area contributed by atoms with Gasteiger partial charge in [0.1, 0.15) is 0 Å². The molecule has 0 radical (unpaired) electrons. The van der Waals surface area contributed by atoms with E-state index in [9.17, 15) is 13.2 Å². The van der Waals surface area contributed by atoms with Crippen LogP contribution in [-0.2, 0) is 6.18 Å². The van der Waals surface area contributed by atoms with Crippen molar-refractivity contribution in [1.29, 1.82) is 0 Å². The first-order valence-electron chi connectivity index (χ1n) is 4.88. The third-order valence-electron chi connectivity index (χ3n) is 2.03. The van der Waals surface area contributed by atoms with E-state index in [1.54, 1.807) is 0 Å². The molecule has 0 spiro atoms. The minimum Gasteiger partial charge on any atom is -0.318 e. The molecule has 0 amide bonds. The molecule has 0 heterocycles. The van der Waals surface area contributed by atoms with Gasteiger partial charge in [-0.1, -0.05) is 24.8 Å². The van der Waals surface area contributed by atoms with Crippen LogP contribution in [0.25, 0.3) is 0 Å². The first-order valence-corrected chi connectivity index (χ1v) is 4.88. The lowest BCUT2D eigenvalue weighted by Crippen LogP contribution is -2.15. The SMILES string of the molecule is CCC(N)C#Cc1cccc(C(F)(F)F)c1. The summed E-state index contributed by atoms with van der Waals surface area (Å²) in [5.41, 5.74) is 5.19. The van der Waals surface area contributed by atoms with E-state index < -0.39 is 11.7 Å². The molecule has 0 aliphatic heterocycles. The molecule has 2 N–H and O–H groups in total. The second kappa shape index (κ2) is 5.04. The molecule has 0 aromatic heterocycles. The molecule has 0 saturated carbocycles. The molecule has 1 aromatic rings. The maximum absolute atomic E-state index is 12.4. The maximum atomic E-state index is 12.4. The van der Waals surface area contributed by atoms with Crippen molar-refractivity contribution in [3.63, 3.8) is 0 Å². The van der Waals surface area contributed by atoms with Gasteiger partial charge in [0, 0.05) is 5.56 Å². The number of alkyl halides is 3. The Kier molecular flexibility index (Phi) is 3.97. The van der Waals surface area contributed by atoms with E-state index in [0.717, 1.165) is 12.1 Å². The van der Waals surface area contributed by atoms with E-state index >= 15 is 0 Å². The van der Waals surface area contributed by atoms with Gasteiger partial charge in [-0.05, 0) is 24.6 Å². The molecule has 1 unspecified atom stereocenters. The van der Waals surface area contributed by atoms with Crippen LogP contribution >= 0.6 is 0 Å². The molecular weight excluding hydrogens is 215 g/mol. The van der Waals surface area contributed by atoms with E-state index in [4.69, 9.17) is 5.73 Å². The maximum Gasteiger partial charge on any atom is 0.416 e. The molecule has 1 aromatic carbocycles. The third-order valence-corrected chi connectivity index (χ3v) is 2.03. The average Bonchev–Trinajstić information content (AvgIpc) is 2.25. The lowest BCUT2D eigenvalue weighted by Gasteiger charge is -2.05. The van der Waals surface area contributed by atoms with E-state index in [2.05, 4.69) is 11.8 Å². The Labute approximate surface area is 92.5 Å². The van der Waals surface area contributed by atoms with Crippen molar-refractivity contribution in [3.8, 4) is 11.8 Å². The molecule has 1 atom stereocenters. The summed E-state index contributed by atoms with van der Waals surface area (Å²) in [5.74, 6) is 5.32. The Bertz CT molecular complexity index is 412. The van der Waals surface area contributed by atoms with Crippen LogP contribution in [0.15, 0.2) is 24.3 Å². The molecular formula is C12H12F3N. The number of nitrogens with two attached hydrogens (primary N) is 1. The summed E-state index contributed by atoms with van der Waals surface area (Å²) >= 11 is 0. The van der Waals surface area contributed by atoms with Crippen LogP contribution in [0, 0.1) is 11.8 Å². The fraction of sp³-hybridized carbons (Fsp3) is 0.333. The molecule has 86 valence electrons. The molecule has 1 nitrogen and oxygen atoms in total. The van der Waals surface area contributed by atoms with E-state index in [1.165, 1.54) is 12.1 Å². The van der Waals surface area contributed by atoms with Crippen molar-refractivity contribution in [3.05, 3.63) is 35.4 Å². The number of rotatable bonds is 1. The number of halogens is 3. The largest absolute Gasteiger partial charge is 0.416 e. The molecule has 1 rings (SSSR count). The second-order valence-electron chi connectivity index (χ2n) is 3.36. The van der Waals surface area contributed by atoms with Crippen molar-refractivity contribution in [2.24, 2.45) is 5.73 Å². The molecule has 0 fully saturated rings. The first-order chi connectivity index (χ1) is 7.43. The summed E-state index contributed by atoms with van der Waals surface area (Å²) in [4.78, 5) is 0. The quantitative estimate of drug-likeness (QED) is 0.733. The predicted octanol–water partition coefficient (Wildman–Crippen LogP) is 2.79. The van der Waals surface area contributed by atoms with E-state index in [-0.39, 0.29) is 6.04 Å². The lowest BCUT2D eigenvalue weighted by atomic mass is 10.1. The van der Waals surface area contributed by atoms with Crippen LogP contribution in [0.1, 0.15) is 24.5 Å². The van der Waals surface area contributed by atoms with Crippen LogP contribution in [0.4, 0.5) is 13.2 Å². The fourth-order valence-electron chi connectivity index (χ4n) is 1.05. The number of hydrogen-bond donors (Lipinski definition) is 1. The van der Waals surface area contributed by atoms with Crippen molar-refractivity contribution >= 4 is 0 Å². The zero-order valence-electron chi connectivity index (χ0n) is 8.81. The Morgan fingerprint density at radius 2 is 2.06 bits per heavy atom. The van der Waals surface area contributed by atoms with Crippen molar-refractivity contribution in [1.82, 2.24) is 0 Å². The zero-order valence-corrected chi connectivity index (χ0v) is 8.81. The first kappa shape index (κ1) is 12.6. The molecule has 0 saturated heterocycles. The number of benzene rings is 1. The zero-order chi connectivity index (χ0) is 12.2.